The highest BCUT2D eigenvalue weighted by molar-refractivity contribution is 5.90. The fourth-order valence-corrected chi connectivity index (χ4v) is 3.27. The SMILES string of the molecule is CC(=O)NC[C@H]1CN(c2ccc(-c3ccc([C@H](O)CN/C=C\N=N)cc3)c(F)c2)C(=O)O1. The molecule has 9 nitrogen and oxygen atoms in total. The molecule has 4 N–H and O–H groups in total. The van der Waals surface area contributed by atoms with Crippen LogP contribution < -0.4 is 15.5 Å². The third-order valence-corrected chi connectivity index (χ3v) is 4.90. The number of hydrogen-bond acceptors (Lipinski definition) is 7. The molecule has 2 amide bonds. The summed E-state index contributed by atoms with van der Waals surface area (Å²) >= 11 is 0. The highest BCUT2D eigenvalue weighted by Crippen LogP contribution is 2.29. The van der Waals surface area contributed by atoms with Gasteiger partial charge in [0.05, 0.1) is 31.1 Å². The fourth-order valence-electron chi connectivity index (χ4n) is 3.27. The Hall–Kier alpha value is -3.79. The molecule has 32 heavy (non-hydrogen) atoms. The second-order valence-electron chi connectivity index (χ2n) is 7.21. The van der Waals surface area contributed by atoms with E-state index in [1.54, 1.807) is 36.4 Å². The number of aliphatic hydroxyl groups is 1. The summed E-state index contributed by atoms with van der Waals surface area (Å²) in [4.78, 5) is 24.5. The van der Waals surface area contributed by atoms with Crippen LogP contribution in [0.4, 0.5) is 14.9 Å². The summed E-state index contributed by atoms with van der Waals surface area (Å²) in [5.74, 6) is -0.721. The third-order valence-electron chi connectivity index (χ3n) is 4.90. The molecule has 1 fully saturated rings. The molecule has 2 aromatic rings. The second-order valence-corrected chi connectivity index (χ2v) is 7.21. The lowest BCUT2D eigenvalue weighted by Gasteiger charge is -2.15. The molecular formula is C22H24FN5O4. The zero-order chi connectivity index (χ0) is 23.1. The number of ether oxygens (including phenoxy) is 1. The van der Waals surface area contributed by atoms with E-state index in [0.717, 1.165) is 0 Å². The first-order valence-electron chi connectivity index (χ1n) is 9.94. The summed E-state index contributed by atoms with van der Waals surface area (Å²) in [7, 11) is 0. The molecular weight excluding hydrogens is 417 g/mol. The van der Waals surface area contributed by atoms with E-state index in [9.17, 15) is 19.1 Å². The Morgan fingerprint density at radius 3 is 2.78 bits per heavy atom. The smallest absolute Gasteiger partial charge is 0.414 e. The number of carbonyl (C=O) groups is 2. The van der Waals surface area contributed by atoms with Gasteiger partial charge in [0, 0.05) is 25.2 Å². The summed E-state index contributed by atoms with van der Waals surface area (Å²) in [5, 5.41) is 18.7. The van der Waals surface area contributed by atoms with Crippen LogP contribution in [-0.4, -0.2) is 42.8 Å². The van der Waals surface area contributed by atoms with Crippen LogP contribution in [-0.2, 0) is 9.53 Å². The molecule has 1 aliphatic rings. The number of cyclic esters (lactones) is 1. The topological polar surface area (TPSA) is 127 Å². The summed E-state index contributed by atoms with van der Waals surface area (Å²) in [6.45, 7) is 2.02. The number of nitrogens with one attached hydrogen (secondary N) is 3. The zero-order valence-corrected chi connectivity index (χ0v) is 17.4. The first-order valence-corrected chi connectivity index (χ1v) is 9.94. The summed E-state index contributed by atoms with van der Waals surface area (Å²) in [6.07, 6.45) is 0.843. The predicted molar refractivity (Wildman–Crippen MR) is 115 cm³/mol. The van der Waals surface area contributed by atoms with Gasteiger partial charge in [0.2, 0.25) is 5.91 Å². The van der Waals surface area contributed by atoms with Crippen LogP contribution in [0.25, 0.3) is 11.1 Å². The molecule has 3 rings (SSSR count). The lowest BCUT2D eigenvalue weighted by molar-refractivity contribution is -0.119. The van der Waals surface area contributed by atoms with Gasteiger partial charge in [0.15, 0.2) is 0 Å². The van der Waals surface area contributed by atoms with E-state index in [1.165, 1.54) is 30.3 Å². The maximum absolute atomic E-state index is 14.8. The highest BCUT2D eigenvalue weighted by atomic mass is 19.1. The minimum absolute atomic E-state index is 0.196. The molecule has 0 bridgehead atoms. The number of anilines is 1. The molecule has 0 saturated carbocycles. The molecule has 1 heterocycles. The van der Waals surface area contributed by atoms with Crippen molar-refractivity contribution in [2.24, 2.45) is 5.11 Å². The minimum atomic E-state index is -0.779. The summed E-state index contributed by atoms with van der Waals surface area (Å²) in [5.41, 5.74) is 8.65. The molecule has 2 aromatic carbocycles. The zero-order valence-electron chi connectivity index (χ0n) is 17.4. The number of hydrogen-bond donors (Lipinski definition) is 4. The van der Waals surface area contributed by atoms with Crippen molar-refractivity contribution in [2.45, 2.75) is 19.1 Å². The van der Waals surface area contributed by atoms with E-state index in [0.29, 0.717) is 22.4 Å². The standard InChI is InChI=1S/C22H24FN5O4/c1-14(29)26-11-18-13-28(22(31)32-18)17-6-7-19(20(23)10-17)15-2-4-16(5-3-15)21(30)12-25-8-9-27-24/h2-10,18,21,24-25,30H,11-13H2,1H3,(H,26,29)/b9-8-,27-24?/t18-,21+/m0/s1. The number of carbonyl (C=O) groups excluding carboxylic acids is 2. The van der Waals surface area contributed by atoms with Gasteiger partial charge in [-0.05, 0) is 29.3 Å². The number of aliphatic hydroxyl groups excluding tert-OH is 1. The lowest BCUT2D eigenvalue weighted by atomic mass is 10.0. The molecule has 1 saturated heterocycles. The van der Waals surface area contributed by atoms with Gasteiger partial charge >= 0.3 is 6.09 Å². The maximum Gasteiger partial charge on any atom is 0.414 e. The third kappa shape index (κ3) is 5.67. The van der Waals surface area contributed by atoms with Crippen molar-refractivity contribution in [1.82, 2.24) is 10.6 Å². The van der Waals surface area contributed by atoms with Crippen LogP contribution >= 0.6 is 0 Å². The molecule has 0 spiro atoms. The molecule has 168 valence electrons. The minimum Gasteiger partial charge on any atom is -0.442 e. The molecule has 0 aromatic heterocycles. The first-order chi connectivity index (χ1) is 15.4. The Bertz CT molecular complexity index is 1010. The van der Waals surface area contributed by atoms with Crippen LogP contribution in [0.3, 0.4) is 0 Å². The van der Waals surface area contributed by atoms with Gasteiger partial charge in [-0.25, -0.2) is 14.7 Å². The molecule has 2 atom stereocenters. The van der Waals surface area contributed by atoms with Crippen molar-refractivity contribution in [3.63, 3.8) is 0 Å². The van der Waals surface area contributed by atoms with Crippen LogP contribution in [0.5, 0.6) is 0 Å². The quantitative estimate of drug-likeness (QED) is 0.445. The molecule has 0 aliphatic carbocycles. The van der Waals surface area contributed by atoms with Crippen LogP contribution in [0.2, 0.25) is 0 Å². The van der Waals surface area contributed by atoms with Gasteiger partial charge in [-0.1, -0.05) is 24.3 Å². The molecule has 10 heteroatoms. The number of halogens is 1. The predicted octanol–water partition coefficient (Wildman–Crippen LogP) is 3.08. The van der Waals surface area contributed by atoms with E-state index in [2.05, 4.69) is 15.7 Å². The lowest BCUT2D eigenvalue weighted by Crippen LogP contribution is -2.33. The van der Waals surface area contributed by atoms with Crippen molar-refractivity contribution in [2.75, 3.05) is 24.5 Å². The average Bonchev–Trinajstić information content (AvgIpc) is 3.16. The van der Waals surface area contributed by atoms with E-state index >= 15 is 0 Å². The van der Waals surface area contributed by atoms with Crippen LogP contribution in [0.1, 0.15) is 18.6 Å². The number of nitrogens with zero attached hydrogens (tertiary/aromatic N) is 2. The van der Waals surface area contributed by atoms with Gasteiger partial charge in [-0.3, -0.25) is 9.69 Å². The fraction of sp³-hybridized carbons (Fsp3) is 0.273. The van der Waals surface area contributed by atoms with Gasteiger partial charge < -0.3 is 20.5 Å². The number of rotatable bonds is 9. The Morgan fingerprint density at radius 2 is 2.12 bits per heavy atom. The van der Waals surface area contributed by atoms with Crippen LogP contribution in [0, 0.1) is 11.3 Å². The molecule has 0 radical (unpaired) electrons. The summed E-state index contributed by atoms with van der Waals surface area (Å²) < 4.78 is 20.1. The molecule has 1 aliphatic heterocycles. The average molecular weight is 441 g/mol. The van der Waals surface area contributed by atoms with Crippen molar-refractivity contribution in [3.8, 4) is 11.1 Å². The van der Waals surface area contributed by atoms with Gasteiger partial charge in [-0.2, -0.15) is 5.11 Å². The Morgan fingerprint density at radius 1 is 1.38 bits per heavy atom. The van der Waals surface area contributed by atoms with Crippen LogP contribution in [0.15, 0.2) is 60.0 Å². The Kier molecular flexibility index (Phi) is 7.50. The van der Waals surface area contributed by atoms with Gasteiger partial charge in [-0.15, -0.1) is 0 Å². The van der Waals surface area contributed by atoms with Crippen molar-refractivity contribution < 1.29 is 23.8 Å². The van der Waals surface area contributed by atoms with E-state index in [-0.39, 0.29) is 25.5 Å². The molecule has 0 unspecified atom stereocenters. The van der Waals surface area contributed by atoms with E-state index < -0.39 is 24.1 Å². The largest absolute Gasteiger partial charge is 0.442 e. The Balaban J connectivity index is 1.67. The van der Waals surface area contributed by atoms with Crippen molar-refractivity contribution in [1.29, 1.82) is 5.53 Å². The van der Waals surface area contributed by atoms with Crippen molar-refractivity contribution in [3.05, 3.63) is 66.2 Å². The van der Waals surface area contributed by atoms with Gasteiger partial charge in [0.1, 0.15) is 11.9 Å². The highest BCUT2D eigenvalue weighted by Gasteiger charge is 2.32. The Labute approximate surface area is 184 Å². The normalized spacial score (nSPS) is 16.7. The number of benzene rings is 2. The monoisotopic (exact) mass is 441 g/mol. The summed E-state index contributed by atoms with van der Waals surface area (Å²) in [6, 6.07) is 11.3. The van der Waals surface area contributed by atoms with E-state index in [4.69, 9.17) is 10.3 Å². The first kappa shape index (κ1) is 22.9. The number of amides is 2. The maximum atomic E-state index is 14.8. The second kappa shape index (κ2) is 10.5. The van der Waals surface area contributed by atoms with Gasteiger partial charge in [0.25, 0.3) is 0 Å². The van der Waals surface area contributed by atoms with E-state index in [1.807, 2.05) is 0 Å². The van der Waals surface area contributed by atoms with Crippen molar-refractivity contribution >= 4 is 17.7 Å².